The van der Waals surface area contributed by atoms with Crippen LogP contribution >= 0.6 is 0 Å². The number of ether oxygens (including phenoxy) is 1. The van der Waals surface area contributed by atoms with Crippen LogP contribution in [0.2, 0.25) is 0 Å². The number of aliphatic hydroxyl groups excluding tert-OH is 1. The standard InChI is InChI=1S/C19H20N2O5/c22-16(13-25-17-7-5-15(6-8-17)21(23)24)11-20-10-9-19-18-4-2-1-3-14(18)12-26-19/h1-8,12,16,20,22H,9-11,13H2. The number of benzene rings is 2. The highest BCUT2D eigenvalue weighted by Gasteiger charge is 2.09. The van der Waals surface area contributed by atoms with Gasteiger partial charge < -0.3 is 19.6 Å². The number of hydrogen-bond donors (Lipinski definition) is 2. The van der Waals surface area contributed by atoms with E-state index in [9.17, 15) is 15.2 Å². The molecule has 7 heteroatoms. The van der Waals surface area contributed by atoms with Crippen molar-refractivity contribution in [2.45, 2.75) is 12.5 Å². The van der Waals surface area contributed by atoms with Gasteiger partial charge in [-0.3, -0.25) is 10.1 Å². The molecule has 0 spiro atoms. The molecule has 0 aliphatic heterocycles. The first-order valence-electron chi connectivity index (χ1n) is 8.34. The zero-order valence-electron chi connectivity index (χ0n) is 14.1. The summed E-state index contributed by atoms with van der Waals surface area (Å²) in [7, 11) is 0. The van der Waals surface area contributed by atoms with Crippen molar-refractivity contribution >= 4 is 16.5 Å². The van der Waals surface area contributed by atoms with Gasteiger partial charge in [-0.1, -0.05) is 24.3 Å². The molecular formula is C19H20N2O5. The maximum absolute atomic E-state index is 10.6. The normalized spacial score (nSPS) is 12.2. The quantitative estimate of drug-likeness (QED) is 0.347. The first kappa shape index (κ1) is 17.9. The Hall–Kier alpha value is -2.90. The number of aliphatic hydroxyl groups is 1. The van der Waals surface area contributed by atoms with Crippen molar-refractivity contribution < 1.29 is 19.2 Å². The van der Waals surface area contributed by atoms with Crippen molar-refractivity contribution in [3.63, 3.8) is 0 Å². The van der Waals surface area contributed by atoms with Gasteiger partial charge in [0.2, 0.25) is 0 Å². The van der Waals surface area contributed by atoms with Crippen LogP contribution in [0.5, 0.6) is 5.75 Å². The van der Waals surface area contributed by atoms with E-state index in [0.29, 0.717) is 18.8 Å². The van der Waals surface area contributed by atoms with Gasteiger partial charge in [-0.05, 0) is 12.1 Å². The van der Waals surface area contributed by atoms with E-state index in [-0.39, 0.29) is 12.3 Å². The molecule has 0 saturated carbocycles. The molecule has 7 nitrogen and oxygen atoms in total. The molecular weight excluding hydrogens is 336 g/mol. The summed E-state index contributed by atoms with van der Waals surface area (Å²) in [5.74, 6) is 1.40. The number of nitrogens with one attached hydrogen (secondary N) is 1. The predicted octanol–water partition coefficient (Wildman–Crippen LogP) is 2.91. The van der Waals surface area contributed by atoms with E-state index in [1.54, 1.807) is 6.26 Å². The van der Waals surface area contributed by atoms with Crippen LogP contribution in [0.25, 0.3) is 10.8 Å². The van der Waals surface area contributed by atoms with Crippen LogP contribution in [0.1, 0.15) is 5.76 Å². The first-order chi connectivity index (χ1) is 12.6. The predicted molar refractivity (Wildman–Crippen MR) is 97.4 cm³/mol. The van der Waals surface area contributed by atoms with Crippen molar-refractivity contribution in [2.24, 2.45) is 0 Å². The van der Waals surface area contributed by atoms with E-state index in [2.05, 4.69) is 5.32 Å². The SMILES string of the molecule is O=[N+]([O-])c1ccc(OCC(O)CNCCc2occ3ccccc23)cc1. The highest BCUT2D eigenvalue weighted by Crippen LogP contribution is 2.20. The van der Waals surface area contributed by atoms with Crippen LogP contribution in [0.3, 0.4) is 0 Å². The molecule has 0 amide bonds. The van der Waals surface area contributed by atoms with E-state index >= 15 is 0 Å². The third kappa shape index (κ3) is 4.59. The van der Waals surface area contributed by atoms with E-state index in [1.165, 1.54) is 24.3 Å². The summed E-state index contributed by atoms with van der Waals surface area (Å²) in [6.45, 7) is 1.16. The fraction of sp³-hybridized carbons (Fsp3) is 0.263. The monoisotopic (exact) mass is 356 g/mol. The Labute approximate surface area is 150 Å². The molecule has 2 N–H and O–H groups in total. The number of non-ortho nitro benzene ring substituents is 1. The Bertz CT molecular complexity index is 860. The van der Waals surface area contributed by atoms with Crippen molar-refractivity contribution in [1.82, 2.24) is 5.32 Å². The lowest BCUT2D eigenvalue weighted by molar-refractivity contribution is -0.384. The first-order valence-corrected chi connectivity index (χ1v) is 8.34. The summed E-state index contributed by atoms with van der Waals surface area (Å²) < 4.78 is 11.0. The number of nitro groups is 1. The minimum atomic E-state index is -0.682. The molecule has 1 atom stereocenters. The minimum absolute atomic E-state index is 0.00464. The highest BCUT2D eigenvalue weighted by atomic mass is 16.6. The molecule has 0 radical (unpaired) electrons. The molecule has 2 aromatic carbocycles. The molecule has 0 fully saturated rings. The van der Waals surface area contributed by atoms with Gasteiger partial charge in [-0.15, -0.1) is 0 Å². The molecule has 0 aliphatic rings. The smallest absolute Gasteiger partial charge is 0.269 e. The van der Waals surface area contributed by atoms with Gasteiger partial charge in [0.1, 0.15) is 24.2 Å². The number of nitrogens with zero attached hydrogens (tertiary/aromatic N) is 1. The fourth-order valence-electron chi connectivity index (χ4n) is 2.63. The van der Waals surface area contributed by atoms with Crippen LogP contribution in [0.15, 0.2) is 59.2 Å². The second-order valence-electron chi connectivity index (χ2n) is 5.92. The number of furan rings is 1. The number of fused-ring (bicyclic) bond motifs is 1. The summed E-state index contributed by atoms with van der Waals surface area (Å²) in [6, 6.07) is 13.8. The van der Waals surface area contributed by atoms with Crippen molar-refractivity contribution in [2.75, 3.05) is 19.7 Å². The molecule has 0 aliphatic carbocycles. The summed E-state index contributed by atoms with van der Waals surface area (Å²) in [5, 5.41) is 25.9. The summed E-state index contributed by atoms with van der Waals surface area (Å²) in [5.41, 5.74) is 0.00464. The van der Waals surface area contributed by atoms with Gasteiger partial charge in [0.15, 0.2) is 0 Å². The third-order valence-corrected chi connectivity index (χ3v) is 3.99. The average Bonchev–Trinajstić information content (AvgIpc) is 3.07. The Morgan fingerprint density at radius 2 is 1.96 bits per heavy atom. The lowest BCUT2D eigenvalue weighted by atomic mass is 10.1. The van der Waals surface area contributed by atoms with Crippen LogP contribution in [0.4, 0.5) is 5.69 Å². The third-order valence-electron chi connectivity index (χ3n) is 3.99. The maximum atomic E-state index is 10.6. The van der Waals surface area contributed by atoms with E-state index in [1.807, 2.05) is 24.3 Å². The highest BCUT2D eigenvalue weighted by molar-refractivity contribution is 5.83. The van der Waals surface area contributed by atoms with Crippen LogP contribution in [-0.2, 0) is 6.42 Å². The van der Waals surface area contributed by atoms with Gasteiger partial charge in [0, 0.05) is 42.4 Å². The second kappa shape index (κ2) is 8.46. The second-order valence-corrected chi connectivity index (χ2v) is 5.92. The lowest BCUT2D eigenvalue weighted by Crippen LogP contribution is -2.32. The minimum Gasteiger partial charge on any atom is -0.491 e. The number of rotatable bonds is 9. The molecule has 1 unspecified atom stereocenters. The summed E-state index contributed by atoms with van der Waals surface area (Å²) in [6.07, 6.45) is 1.79. The Kier molecular flexibility index (Phi) is 5.83. The summed E-state index contributed by atoms with van der Waals surface area (Å²) >= 11 is 0. The molecule has 1 aromatic heterocycles. The summed E-state index contributed by atoms with van der Waals surface area (Å²) in [4.78, 5) is 10.1. The van der Waals surface area contributed by atoms with Crippen LogP contribution in [0, 0.1) is 10.1 Å². The Balaban J connectivity index is 1.37. The zero-order chi connectivity index (χ0) is 18.4. The van der Waals surface area contributed by atoms with Gasteiger partial charge in [-0.2, -0.15) is 0 Å². The van der Waals surface area contributed by atoms with Gasteiger partial charge in [-0.25, -0.2) is 0 Å². The molecule has 0 bridgehead atoms. The zero-order valence-corrected chi connectivity index (χ0v) is 14.1. The van der Waals surface area contributed by atoms with Crippen molar-refractivity contribution in [3.05, 3.63) is 70.7 Å². The number of hydrogen-bond acceptors (Lipinski definition) is 6. The van der Waals surface area contributed by atoms with Crippen LogP contribution < -0.4 is 10.1 Å². The molecule has 0 saturated heterocycles. The van der Waals surface area contributed by atoms with Crippen LogP contribution in [-0.4, -0.2) is 35.8 Å². The topological polar surface area (TPSA) is 97.8 Å². The molecule has 3 rings (SSSR count). The maximum Gasteiger partial charge on any atom is 0.269 e. The number of nitro benzene ring substituents is 1. The van der Waals surface area contributed by atoms with E-state index in [4.69, 9.17) is 9.15 Å². The lowest BCUT2D eigenvalue weighted by Gasteiger charge is -2.13. The van der Waals surface area contributed by atoms with E-state index in [0.717, 1.165) is 23.0 Å². The Morgan fingerprint density at radius 1 is 1.19 bits per heavy atom. The van der Waals surface area contributed by atoms with Gasteiger partial charge >= 0.3 is 0 Å². The molecule has 136 valence electrons. The molecule has 26 heavy (non-hydrogen) atoms. The largest absolute Gasteiger partial charge is 0.491 e. The van der Waals surface area contributed by atoms with Crippen molar-refractivity contribution in [3.8, 4) is 5.75 Å². The average molecular weight is 356 g/mol. The van der Waals surface area contributed by atoms with Gasteiger partial charge in [0.05, 0.1) is 11.2 Å². The van der Waals surface area contributed by atoms with E-state index < -0.39 is 11.0 Å². The van der Waals surface area contributed by atoms with Gasteiger partial charge in [0.25, 0.3) is 5.69 Å². The Morgan fingerprint density at radius 3 is 2.73 bits per heavy atom. The fourth-order valence-corrected chi connectivity index (χ4v) is 2.63. The molecule has 3 aromatic rings. The molecule has 1 heterocycles. The van der Waals surface area contributed by atoms with Crippen molar-refractivity contribution in [1.29, 1.82) is 0 Å².